The van der Waals surface area contributed by atoms with Gasteiger partial charge in [-0.25, -0.2) is 13.2 Å². The lowest BCUT2D eigenvalue weighted by Crippen LogP contribution is -2.37. The van der Waals surface area contributed by atoms with Crippen molar-refractivity contribution in [1.29, 1.82) is 0 Å². The summed E-state index contributed by atoms with van der Waals surface area (Å²) in [5.74, 6) is -1.25. The van der Waals surface area contributed by atoms with E-state index in [1.54, 1.807) is 0 Å². The Kier molecular flexibility index (Phi) is 3.88. The molecule has 0 amide bonds. The molecular formula is C12H15NO5S. The molecule has 1 atom stereocenters. The van der Waals surface area contributed by atoms with Crippen LogP contribution in [0, 0.1) is 0 Å². The third kappa shape index (κ3) is 2.63. The minimum Gasteiger partial charge on any atom is -0.478 e. The molecule has 2 rings (SSSR count). The zero-order chi connectivity index (χ0) is 14.0. The summed E-state index contributed by atoms with van der Waals surface area (Å²) in [5, 5.41) is 9.07. The Morgan fingerprint density at radius 2 is 2.11 bits per heavy atom. The first kappa shape index (κ1) is 14.0. The first-order valence-corrected chi connectivity index (χ1v) is 7.26. The lowest BCUT2D eigenvalue weighted by molar-refractivity contribution is 0.0692. The van der Waals surface area contributed by atoms with Crippen LogP contribution in [-0.2, 0) is 14.8 Å². The highest BCUT2D eigenvalue weighted by Crippen LogP contribution is 2.23. The molecule has 1 saturated heterocycles. The van der Waals surface area contributed by atoms with Gasteiger partial charge in [-0.15, -0.1) is 0 Å². The fraction of sp³-hybridized carbons (Fsp3) is 0.417. The molecule has 0 aliphatic carbocycles. The number of carboxylic acid groups (broad SMARTS) is 1. The molecule has 1 aliphatic heterocycles. The number of carbonyl (C=O) groups is 1. The monoisotopic (exact) mass is 285 g/mol. The first-order valence-electron chi connectivity index (χ1n) is 5.82. The van der Waals surface area contributed by atoms with Gasteiger partial charge in [0.15, 0.2) is 0 Å². The molecule has 1 aromatic rings. The van der Waals surface area contributed by atoms with Gasteiger partial charge < -0.3 is 9.84 Å². The van der Waals surface area contributed by atoms with Gasteiger partial charge in [0.05, 0.1) is 23.1 Å². The maximum Gasteiger partial charge on any atom is 0.337 e. The zero-order valence-corrected chi connectivity index (χ0v) is 11.3. The summed E-state index contributed by atoms with van der Waals surface area (Å²) in [6, 6.07) is 5.37. The number of ether oxygens (including phenoxy) is 1. The van der Waals surface area contributed by atoms with Crippen molar-refractivity contribution < 1.29 is 23.1 Å². The Morgan fingerprint density at radius 1 is 1.42 bits per heavy atom. The highest BCUT2D eigenvalue weighted by atomic mass is 32.2. The maximum atomic E-state index is 12.5. The van der Waals surface area contributed by atoms with Crippen LogP contribution in [0.3, 0.4) is 0 Å². The molecule has 0 bridgehead atoms. The van der Waals surface area contributed by atoms with E-state index in [2.05, 4.69) is 0 Å². The average Bonchev–Trinajstić information content (AvgIpc) is 2.91. The summed E-state index contributed by atoms with van der Waals surface area (Å²) in [7, 11) is -2.37. The van der Waals surface area contributed by atoms with Crippen molar-refractivity contribution in [1.82, 2.24) is 4.31 Å². The number of nitrogens with zero attached hydrogens (tertiary/aromatic N) is 1. The van der Waals surface area contributed by atoms with E-state index in [1.807, 2.05) is 0 Å². The fourth-order valence-corrected chi connectivity index (χ4v) is 3.58. The highest BCUT2D eigenvalue weighted by Gasteiger charge is 2.32. The normalized spacial score (nSPS) is 19.8. The van der Waals surface area contributed by atoms with Gasteiger partial charge in [-0.2, -0.15) is 4.31 Å². The Morgan fingerprint density at radius 3 is 2.68 bits per heavy atom. The molecule has 104 valence electrons. The predicted molar refractivity (Wildman–Crippen MR) is 67.6 cm³/mol. The minimum atomic E-state index is -3.83. The van der Waals surface area contributed by atoms with Crippen molar-refractivity contribution in [3.05, 3.63) is 29.8 Å². The maximum absolute atomic E-state index is 12.5. The fourth-order valence-electron chi connectivity index (χ4n) is 2.03. The Bertz CT molecular complexity index is 578. The summed E-state index contributed by atoms with van der Waals surface area (Å²) in [5.41, 5.74) is -0.215. The minimum absolute atomic E-state index is 0.183. The third-order valence-corrected chi connectivity index (χ3v) is 5.16. The van der Waals surface area contributed by atoms with E-state index in [0.29, 0.717) is 19.6 Å². The lowest BCUT2D eigenvalue weighted by atomic mass is 10.2. The largest absolute Gasteiger partial charge is 0.478 e. The standard InChI is InChI=1S/C12H15NO5S/c1-13(9-6-7-18-8-9)19(16,17)11-5-3-2-4-10(11)12(14)15/h2-5,9H,6-8H2,1H3,(H,14,15). The van der Waals surface area contributed by atoms with Gasteiger partial charge in [-0.3, -0.25) is 0 Å². The van der Waals surface area contributed by atoms with Crippen LogP contribution in [-0.4, -0.2) is 50.1 Å². The van der Waals surface area contributed by atoms with E-state index in [9.17, 15) is 13.2 Å². The van der Waals surface area contributed by atoms with Gasteiger partial charge >= 0.3 is 5.97 Å². The van der Waals surface area contributed by atoms with Gasteiger partial charge in [-0.05, 0) is 18.6 Å². The van der Waals surface area contributed by atoms with Crippen LogP contribution in [0.5, 0.6) is 0 Å². The molecule has 19 heavy (non-hydrogen) atoms. The van der Waals surface area contributed by atoms with Gasteiger partial charge in [0, 0.05) is 13.7 Å². The predicted octanol–water partition coefficient (Wildman–Crippen LogP) is 0.794. The van der Waals surface area contributed by atoms with Gasteiger partial charge in [0.1, 0.15) is 0 Å². The quantitative estimate of drug-likeness (QED) is 0.884. The number of benzene rings is 1. The number of likely N-dealkylation sites (N-methyl/N-ethyl adjacent to an activating group) is 1. The van der Waals surface area contributed by atoms with Crippen molar-refractivity contribution in [3.8, 4) is 0 Å². The van der Waals surface area contributed by atoms with E-state index >= 15 is 0 Å². The summed E-state index contributed by atoms with van der Waals surface area (Å²) >= 11 is 0. The number of aromatic carboxylic acids is 1. The van der Waals surface area contributed by atoms with E-state index < -0.39 is 16.0 Å². The zero-order valence-electron chi connectivity index (χ0n) is 10.4. The topological polar surface area (TPSA) is 83.9 Å². The van der Waals surface area contributed by atoms with Crippen LogP contribution in [0.25, 0.3) is 0 Å². The Labute approximate surface area is 111 Å². The van der Waals surface area contributed by atoms with Crippen LogP contribution < -0.4 is 0 Å². The van der Waals surface area contributed by atoms with Crippen LogP contribution in [0.1, 0.15) is 16.8 Å². The second kappa shape index (κ2) is 5.28. The molecule has 7 heteroatoms. The molecule has 0 radical (unpaired) electrons. The lowest BCUT2D eigenvalue weighted by Gasteiger charge is -2.23. The number of sulfonamides is 1. The van der Waals surface area contributed by atoms with Crippen LogP contribution >= 0.6 is 0 Å². The molecule has 1 aromatic carbocycles. The molecule has 1 N–H and O–H groups in total. The van der Waals surface area contributed by atoms with Crippen molar-refractivity contribution in [2.24, 2.45) is 0 Å². The summed E-state index contributed by atoms with van der Waals surface area (Å²) < 4.78 is 31.3. The molecule has 6 nitrogen and oxygen atoms in total. The highest BCUT2D eigenvalue weighted by molar-refractivity contribution is 7.89. The SMILES string of the molecule is CN(C1CCOC1)S(=O)(=O)c1ccccc1C(=O)O. The van der Waals surface area contributed by atoms with E-state index in [4.69, 9.17) is 9.84 Å². The molecular weight excluding hydrogens is 270 g/mol. The van der Waals surface area contributed by atoms with Crippen molar-refractivity contribution in [2.45, 2.75) is 17.4 Å². The van der Waals surface area contributed by atoms with Gasteiger partial charge in [0.25, 0.3) is 0 Å². The summed E-state index contributed by atoms with van der Waals surface area (Å²) in [6.45, 7) is 0.857. The van der Waals surface area contributed by atoms with E-state index in [-0.39, 0.29) is 16.5 Å². The first-order chi connectivity index (χ1) is 8.94. The number of rotatable bonds is 4. The smallest absolute Gasteiger partial charge is 0.337 e. The second-order valence-corrected chi connectivity index (χ2v) is 6.31. The molecule has 1 heterocycles. The summed E-state index contributed by atoms with van der Waals surface area (Å²) in [4.78, 5) is 10.9. The molecule has 0 spiro atoms. The molecule has 1 aliphatic rings. The van der Waals surface area contributed by atoms with Crippen molar-refractivity contribution in [2.75, 3.05) is 20.3 Å². The molecule has 0 aromatic heterocycles. The number of hydrogen-bond donors (Lipinski definition) is 1. The van der Waals surface area contributed by atoms with Crippen LogP contribution in [0.4, 0.5) is 0 Å². The van der Waals surface area contributed by atoms with Gasteiger partial charge in [0.2, 0.25) is 10.0 Å². The Balaban J connectivity index is 2.41. The van der Waals surface area contributed by atoms with Gasteiger partial charge in [-0.1, -0.05) is 12.1 Å². The van der Waals surface area contributed by atoms with E-state index in [0.717, 1.165) is 0 Å². The van der Waals surface area contributed by atoms with Crippen molar-refractivity contribution >= 4 is 16.0 Å². The second-order valence-electron chi connectivity index (χ2n) is 4.34. The van der Waals surface area contributed by atoms with E-state index in [1.165, 1.54) is 35.6 Å². The summed E-state index contributed by atoms with van der Waals surface area (Å²) in [6.07, 6.45) is 0.616. The number of hydrogen-bond acceptors (Lipinski definition) is 4. The van der Waals surface area contributed by atoms with Crippen LogP contribution in [0.2, 0.25) is 0 Å². The molecule has 0 saturated carbocycles. The number of carboxylic acids is 1. The van der Waals surface area contributed by atoms with Crippen LogP contribution in [0.15, 0.2) is 29.2 Å². The third-order valence-electron chi connectivity index (χ3n) is 3.19. The average molecular weight is 285 g/mol. The molecule has 1 unspecified atom stereocenters. The Hall–Kier alpha value is -1.44. The van der Waals surface area contributed by atoms with Crippen molar-refractivity contribution in [3.63, 3.8) is 0 Å². The molecule has 1 fully saturated rings.